The minimum atomic E-state index is -0.117. The molecule has 4 nitrogen and oxygen atoms in total. The molecule has 0 saturated heterocycles. The lowest BCUT2D eigenvalue weighted by molar-refractivity contribution is 0.0944. The highest BCUT2D eigenvalue weighted by Crippen LogP contribution is 2.04. The van der Waals surface area contributed by atoms with Crippen molar-refractivity contribution in [3.8, 4) is 0 Å². The first kappa shape index (κ1) is 13.0. The first-order valence-electron chi connectivity index (χ1n) is 5.53. The van der Waals surface area contributed by atoms with E-state index in [0.29, 0.717) is 12.2 Å². The number of aromatic nitrogens is 2. The summed E-state index contributed by atoms with van der Waals surface area (Å²) in [4.78, 5) is 11.8. The molecule has 0 aliphatic rings. The van der Waals surface area contributed by atoms with Gasteiger partial charge in [0, 0.05) is 13.6 Å². The molecule has 90 valence electrons. The maximum Gasteiger partial charge on any atom is 0.269 e. The third-order valence-corrected chi connectivity index (χ3v) is 2.92. The zero-order valence-corrected chi connectivity index (χ0v) is 10.7. The predicted molar refractivity (Wildman–Crippen MR) is 64.9 cm³/mol. The second kappa shape index (κ2) is 5.89. The van der Waals surface area contributed by atoms with Crippen molar-refractivity contribution in [2.24, 2.45) is 7.05 Å². The molecule has 1 N–H and O–H groups in total. The molecule has 0 aromatic carbocycles. The van der Waals surface area contributed by atoms with Crippen molar-refractivity contribution in [2.75, 3.05) is 6.54 Å². The lowest BCUT2D eigenvalue weighted by atomic mass is 10.3. The molecule has 1 atom stereocenters. The lowest BCUT2D eigenvalue weighted by Gasteiger charge is -2.08. The summed E-state index contributed by atoms with van der Waals surface area (Å²) in [5.74, 6) is -0.117. The van der Waals surface area contributed by atoms with Crippen LogP contribution in [0.4, 0.5) is 0 Å². The lowest BCUT2D eigenvalue weighted by Crippen LogP contribution is -2.30. The number of nitrogens with one attached hydrogen (secondary N) is 1. The van der Waals surface area contributed by atoms with Crippen LogP contribution in [-0.2, 0) is 13.5 Å². The number of hydrogen-bond donors (Lipinski definition) is 1. The van der Waals surface area contributed by atoms with Crippen molar-refractivity contribution in [3.63, 3.8) is 0 Å². The molecule has 5 heteroatoms. The van der Waals surface area contributed by atoms with E-state index >= 15 is 0 Å². The summed E-state index contributed by atoms with van der Waals surface area (Å²) in [6.45, 7) is 4.49. The first-order valence-corrected chi connectivity index (χ1v) is 5.97. The van der Waals surface area contributed by atoms with Crippen molar-refractivity contribution >= 4 is 17.5 Å². The van der Waals surface area contributed by atoms with Gasteiger partial charge in [0.2, 0.25) is 0 Å². The Morgan fingerprint density at radius 3 is 2.81 bits per heavy atom. The van der Waals surface area contributed by atoms with Crippen LogP contribution in [0.5, 0.6) is 0 Å². The van der Waals surface area contributed by atoms with Crippen LogP contribution in [0.2, 0.25) is 0 Å². The van der Waals surface area contributed by atoms with E-state index in [9.17, 15) is 4.79 Å². The third-order valence-electron chi connectivity index (χ3n) is 2.45. The number of nitrogens with zero attached hydrogens (tertiary/aromatic N) is 2. The fraction of sp³-hybridized carbons (Fsp3) is 0.636. The number of hydrogen-bond acceptors (Lipinski definition) is 2. The molecular formula is C11H18ClN3O. The van der Waals surface area contributed by atoms with Gasteiger partial charge in [-0.25, -0.2) is 0 Å². The van der Waals surface area contributed by atoms with E-state index in [1.807, 2.05) is 19.9 Å². The minimum Gasteiger partial charge on any atom is -0.349 e. The summed E-state index contributed by atoms with van der Waals surface area (Å²) in [5.41, 5.74) is 1.50. The van der Waals surface area contributed by atoms with Crippen molar-refractivity contribution in [2.45, 2.75) is 32.1 Å². The Bertz CT molecular complexity index is 362. The zero-order chi connectivity index (χ0) is 12.1. The molecule has 1 aromatic heterocycles. The van der Waals surface area contributed by atoms with Gasteiger partial charge in [0.15, 0.2) is 0 Å². The summed E-state index contributed by atoms with van der Waals surface area (Å²) in [6, 6.07) is 1.81. The van der Waals surface area contributed by atoms with Crippen molar-refractivity contribution < 1.29 is 4.79 Å². The SMILES string of the molecule is CCc1cc(C(=O)NCC(Cl)CC)n(C)n1. The third kappa shape index (κ3) is 3.23. The highest BCUT2D eigenvalue weighted by atomic mass is 35.5. The highest BCUT2D eigenvalue weighted by molar-refractivity contribution is 6.20. The Hall–Kier alpha value is -1.03. The van der Waals surface area contributed by atoms with E-state index < -0.39 is 0 Å². The van der Waals surface area contributed by atoms with Gasteiger partial charge >= 0.3 is 0 Å². The van der Waals surface area contributed by atoms with E-state index in [4.69, 9.17) is 11.6 Å². The van der Waals surface area contributed by atoms with Gasteiger partial charge < -0.3 is 5.32 Å². The average molecular weight is 244 g/mol. The van der Waals surface area contributed by atoms with Gasteiger partial charge in [0.1, 0.15) is 5.69 Å². The van der Waals surface area contributed by atoms with Crippen LogP contribution in [-0.4, -0.2) is 27.6 Å². The molecule has 1 rings (SSSR count). The first-order chi connectivity index (χ1) is 7.58. The van der Waals surface area contributed by atoms with Crippen molar-refractivity contribution in [1.29, 1.82) is 0 Å². The quantitative estimate of drug-likeness (QED) is 0.801. The average Bonchev–Trinajstić information content (AvgIpc) is 2.67. The van der Waals surface area contributed by atoms with Gasteiger partial charge in [0.05, 0.1) is 11.1 Å². The van der Waals surface area contributed by atoms with E-state index in [2.05, 4.69) is 10.4 Å². The van der Waals surface area contributed by atoms with Crippen LogP contribution in [0.25, 0.3) is 0 Å². The fourth-order valence-corrected chi connectivity index (χ4v) is 1.43. The molecule has 0 radical (unpaired) electrons. The highest BCUT2D eigenvalue weighted by Gasteiger charge is 2.13. The number of alkyl halides is 1. The second-order valence-corrected chi connectivity index (χ2v) is 4.33. The molecule has 0 aliphatic carbocycles. The molecule has 1 heterocycles. The Labute approximate surface area is 101 Å². The smallest absolute Gasteiger partial charge is 0.269 e. The van der Waals surface area contributed by atoms with Crippen LogP contribution >= 0.6 is 11.6 Å². The van der Waals surface area contributed by atoms with Crippen molar-refractivity contribution in [3.05, 3.63) is 17.5 Å². The monoisotopic (exact) mass is 243 g/mol. The number of carbonyl (C=O) groups excluding carboxylic acids is 1. The maximum atomic E-state index is 11.8. The van der Waals surface area contributed by atoms with Crippen LogP contribution in [0.1, 0.15) is 36.5 Å². The van der Waals surface area contributed by atoms with E-state index in [-0.39, 0.29) is 11.3 Å². The number of halogens is 1. The number of rotatable bonds is 5. The molecule has 1 unspecified atom stereocenters. The zero-order valence-electron chi connectivity index (χ0n) is 9.96. The standard InChI is InChI=1S/C11H18ClN3O/c1-4-8(12)7-13-11(16)10-6-9(5-2)14-15(10)3/h6,8H,4-5,7H2,1-3H3,(H,13,16). The fourth-order valence-electron chi connectivity index (χ4n) is 1.35. The number of aryl methyl sites for hydroxylation is 2. The predicted octanol–water partition coefficient (Wildman–Crippen LogP) is 1.73. The second-order valence-electron chi connectivity index (χ2n) is 3.71. The molecule has 1 aromatic rings. The topological polar surface area (TPSA) is 46.9 Å². The normalized spacial score (nSPS) is 12.5. The van der Waals surface area contributed by atoms with Crippen molar-refractivity contribution in [1.82, 2.24) is 15.1 Å². The van der Waals surface area contributed by atoms with Crippen LogP contribution in [0, 0.1) is 0 Å². The molecule has 1 amide bonds. The Balaban J connectivity index is 2.62. The van der Waals surface area contributed by atoms with E-state index in [0.717, 1.165) is 18.5 Å². The van der Waals surface area contributed by atoms with Crippen LogP contribution in [0.15, 0.2) is 6.07 Å². The summed E-state index contributed by atoms with van der Waals surface area (Å²) in [7, 11) is 1.77. The Morgan fingerprint density at radius 1 is 1.62 bits per heavy atom. The molecule has 0 fully saturated rings. The molecular weight excluding hydrogens is 226 g/mol. The van der Waals surface area contributed by atoms with Gasteiger partial charge in [-0.15, -0.1) is 11.6 Å². The van der Waals surface area contributed by atoms with Crippen LogP contribution < -0.4 is 5.32 Å². The Kier molecular flexibility index (Phi) is 4.80. The van der Waals surface area contributed by atoms with E-state index in [1.165, 1.54) is 0 Å². The maximum absolute atomic E-state index is 11.8. The number of carbonyl (C=O) groups is 1. The molecule has 0 bridgehead atoms. The summed E-state index contributed by atoms with van der Waals surface area (Å²) in [5, 5.41) is 7.01. The summed E-state index contributed by atoms with van der Waals surface area (Å²) < 4.78 is 1.60. The van der Waals surface area contributed by atoms with Gasteiger partial charge in [0.25, 0.3) is 5.91 Å². The minimum absolute atomic E-state index is 0.0113. The van der Waals surface area contributed by atoms with E-state index in [1.54, 1.807) is 11.7 Å². The summed E-state index contributed by atoms with van der Waals surface area (Å²) >= 11 is 5.93. The number of amides is 1. The molecule has 0 spiro atoms. The Morgan fingerprint density at radius 2 is 2.31 bits per heavy atom. The molecule has 0 aliphatic heterocycles. The van der Waals surface area contributed by atoms with Gasteiger partial charge in [-0.05, 0) is 18.9 Å². The summed E-state index contributed by atoms with van der Waals surface area (Å²) in [6.07, 6.45) is 1.67. The van der Waals surface area contributed by atoms with Gasteiger partial charge in [-0.2, -0.15) is 5.10 Å². The molecule has 0 saturated carbocycles. The van der Waals surface area contributed by atoms with Gasteiger partial charge in [-0.1, -0.05) is 13.8 Å². The van der Waals surface area contributed by atoms with Crippen LogP contribution in [0.3, 0.4) is 0 Å². The largest absolute Gasteiger partial charge is 0.349 e. The molecule has 16 heavy (non-hydrogen) atoms. The van der Waals surface area contributed by atoms with Gasteiger partial charge in [-0.3, -0.25) is 9.48 Å².